The Morgan fingerprint density at radius 3 is 2.53 bits per heavy atom. The summed E-state index contributed by atoms with van der Waals surface area (Å²) in [5.41, 5.74) is 3.08. The largest absolute Gasteiger partial charge is 0.473 e. The summed E-state index contributed by atoms with van der Waals surface area (Å²) < 4.78 is 19.0. The molecule has 0 fully saturated rings. The molecule has 0 aliphatic rings. The van der Waals surface area contributed by atoms with Gasteiger partial charge in [-0.1, -0.05) is 42.5 Å². The first-order valence-corrected chi connectivity index (χ1v) is 9.53. The van der Waals surface area contributed by atoms with Crippen molar-refractivity contribution in [3.8, 4) is 5.88 Å². The average molecular weight is 520 g/mol. The van der Waals surface area contributed by atoms with E-state index in [4.69, 9.17) is 4.74 Å². The van der Waals surface area contributed by atoms with E-state index in [0.717, 1.165) is 16.7 Å². The van der Waals surface area contributed by atoms with Crippen molar-refractivity contribution in [3.63, 3.8) is 0 Å². The SMILES string of the molecule is CN=C(NCCc1cccc(F)c1)NCc1ccnc(OCc2ccccc2)c1.I. The summed E-state index contributed by atoms with van der Waals surface area (Å²) >= 11 is 0. The summed E-state index contributed by atoms with van der Waals surface area (Å²) in [6.07, 6.45) is 2.45. The monoisotopic (exact) mass is 520 g/mol. The van der Waals surface area contributed by atoms with Gasteiger partial charge in [-0.05, 0) is 41.3 Å². The molecule has 1 aromatic heterocycles. The van der Waals surface area contributed by atoms with E-state index in [1.807, 2.05) is 48.5 Å². The Kier molecular flexibility index (Phi) is 10.1. The van der Waals surface area contributed by atoms with Crippen molar-refractivity contribution in [1.82, 2.24) is 15.6 Å². The molecule has 0 amide bonds. The molecule has 0 radical (unpaired) electrons. The van der Waals surface area contributed by atoms with Gasteiger partial charge in [0.1, 0.15) is 12.4 Å². The van der Waals surface area contributed by atoms with Gasteiger partial charge in [0.05, 0.1) is 0 Å². The maximum Gasteiger partial charge on any atom is 0.213 e. The summed E-state index contributed by atoms with van der Waals surface area (Å²) in [5.74, 6) is 1.06. The molecule has 2 N–H and O–H groups in total. The van der Waals surface area contributed by atoms with Gasteiger partial charge >= 0.3 is 0 Å². The fourth-order valence-corrected chi connectivity index (χ4v) is 2.79. The molecular formula is C23H26FIN4O. The number of ether oxygens (including phenoxy) is 1. The van der Waals surface area contributed by atoms with Gasteiger partial charge < -0.3 is 15.4 Å². The Morgan fingerprint density at radius 1 is 0.967 bits per heavy atom. The van der Waals surface area contributed by atoms with Gasteiger partial charge in [-0.15, -0.1) is 24.0 Å². The highest BCUT2D eigenvalue weighted by Gasteiger charge is 2.03. The van der Waals surface area contributed by atoms with E-state index in [2.05, 4.69) is 20.6 Å². The number of aliphatic imine (C=N–C) groups is 1. The first-order chi connectivity index (χ1) is 14.2. The number of guanidine groups is 1. The number of nitrogens with one attached hydrogen (secondary N) is 2. The topological polar surface area (TPSA) is 58.5 Å². The minimum atomic E-state index is -0.215. The molecule has 3 aromatic rings. The van der Waals surface area contributed by atoms with Crippen LogP contribution in [-0.2, 0) is 19.6 Å². The van der Waals surface area contributed by atoms with Crippen LogP contribution >= 0.6 is 24.0 Å². The van der Waals surface area contributed by atoms with Crippen LogP contribution in [-0.4, -0.2) is 24.5 Å². The molecule has 0 atom stereocenters. The lowest BCUT2D eigenvalue weighted by Gasteiger charge is -2.12. The Hall–Kier alpha value is -2.68. The molecule has 2 aromatic carbocycles. The van der Waals surface area contributed by atoms with Crippen LogP contribution in [0, 0.1) is 5.82 Å². The van der Waals surface area contributed by atoms with Crippen molar-refractivity contribution >= 4 is 29.9 Å². The average Bonchev–Trinajstić information content (AvgIpc) is 2.76. The van der Waals surface area contributed by atoms with Crippen molar-refractivity contribution in [3.05, 3.63) is 95.4 Å². The highest BCUT2D eigenvalue weighted by atomic mass is 127. The third-order valence-electron chi connectivity index (χ3n) is 4.31. The molecule has 158 valence electrons. The lowest BCUT2D eigenvalue weighted by molar-refractivity contribution is 0.293. The Labute approximate surface area is 193 Å². The Balaban J connectivity index is 0.00000320. The predicted molar refractivity (Wildman–Crippen MR) is 129 cm³/mol. The van der Waals surface area contributed by atoms with E-state index in [0.29, 0.717) is 38.0 Å². The molecule has 0 aliphatic heterocycles. The number of benzene rings is 2. The normalized spacial score (nSPS) is 10.8. The number of aromatic nitrogens is 1. The van der Waals surface area contributed by atoms with E-state index < -0.39 is 0 Å². The maximum absolute atomic E-state index is 13.2. The Bertz CT molecular complexity index is 937. The summed E-state index contributed by atoms with van der Waals surface area (Å²) in [6.45, 7) is 1.72. The zero-order valence-corrected chi connectivity index (χ0v) is 19.2. The standard InChI is InChI=1S/C23H25FN4O.HI/c1-25-23(27-13-10-18-8-5-9-21(24)14-18)28-16-20-11-12-26-22(15-20)29-17-19-6-3-2-4-7-19;/h2-9,11-12,14-15H,10,13,16-17H2,1H3,(H2,25,27,28);1H. The quantitative estimate of drug-likeness (QED) is 0.264. The van der Waals surface area contributed by atoms with Crippen molar-refractivity contribution < 1.29 is 9.13 Å². The van der Waals surface area contributed by atoms with E-state index in [9.17, 15) is 4.39 Å². The second-order valence-corrected chi connectivity index (χ2v) is 6.51. The zero-order valence-electron chi connectivity index (χ0n) is 16.8. The molecule has 5 nitrogen and oxygen atoms in total. The Morgan fingerprint density at radius 2 is 1.77 bits per heavy atom. The van der Waals surface area contributed by atoms with Crippen molar-refractivity contribution in [2.24, 2.45) is 4.99 Å². The second kappa shape index (κ2) is 12.8. The fourth-order valence-electron chi connectivity index (χ4n) is 2.79. The highest BCUT2D eigenvalue weighted by Crippen LogP contribution is 2.11. The number of pyridine rings is 1. The summed E-state index contributed by atoms with van der Waals surface area (Å²) in [7, 11) is 1.72. The van der Waals surface area contributed by atoms with Crippen LogP contribution in [0.25, 0.3) is 0 Å². The summed E-state index contributed by atoms with van der Waals surface area (Å²) in [6, 6.07) is 20.5. The van der Waals surface area contributed by atoms with Gasteiger partial charge in [0.15, 0.2) is 5.96 Å². The van der Waals surface area contributed by atoms with Crippen LogP contribution in [0.15, 0.2) is 77.9 Å². The van der Waals surface area contributed by atoms with Crippen LogP contribution in [0.2, 0.25) is 0 Å². The highest BCUT2D eigenvalue weighted by molar-refractivity contribution is 14.0. The molecule has 0 saturated carbocycles. The van der Waals surface area contributed by atoms with E-state index in [-0.39, 0.29) is 29.8 Å². The van der Waals surface area contributed by atoms with Crippen molar-refractivity contribution in [2.45, 2.75) is 19.6 Å². The maximum atomic E-state index is 13.2. The third kappa shape index (κ3) is 7.98. The van der Waals surface area contributed by atoms with Crippen molar-refractivity contribution in [2.75, 3.05) is 13.6 Å². The van der Waals surface area contributed by atoms with Crippen LogP contribution < -0.4 is 15.4 Å². The molecule has 0 aliphatic carbocycles. The van der Waals surface area contributed by atoms with Gasteiger partial charge in [0.2, 0.25) is 5.88 Å². The van der Waals surface area contributed by atoms with Gasteiger partial charge in [-0.3, -0.25) is 4.99 Å². The van der Waals surface area contributed by atoms with E-state index in [1.54, 1.807) is 25.4 Å². The van der Waals surface area contributed by atoms with Crippen LogP contribution in [0.5, 0.6) is 5.88 Å². The van der Waals surface area contributed by atoms with Crippen LogP contribution in [0.3, 0.4) is 0 Å². The lowest BCUT2D eigenvalue weighted by Crippen LogP contribution is -2.37. The van der Waals surface area contributed by atoms with Gasteiger partial charge in [0, 0.05) is 32.4 Å². The first-order valence-electron chi connectivity index (χ1n) is 9.53. The van der Waals surface area contributed by atoms with Gasteiger partial charge in [0.25, 0.3) is 0 Å². The molecule has 3 rings (SSSR count). The van der Waals surface area contributed by atoms with Gasteiger partial charge in [-0.25, -0.2) is 9.37 Å². The van der Waals surface area contributed by atoms with Crippen molar-refractivity contribution in [1.29, 1.82) is 0 Å². The summed E-state index contributed by atoms with van der Waals surface area (Å²) in [5, 5.41) is 6.50. The molecule has 1 heterocycles. The smallest absolute Gasteiger partial charge is 0.213 e. The molecule has 0 unspecified atom stereocenters. The van der Waals surface area contributed by atoms with E-state index >= 15 is 0 Å². The van der Waals surface area contributed by atoms with Crippen LogP contribution in [0.1, 0.15) is 16.7 Å². The molecule has 0 spiro atoms. The number of halogens is 2. The van der Waals surface area contributed by atoms with E-state index in [1.165, 1.54) is 6.07 Å². The summed E-state index contributed by atoms with van der Waals surface area (Å²) in [4.78, 5) is 8.49. The second-order valence-electron chi connectivity index (χ2n) is 6.51. The van der Waals surface area contributed by atoms with Crippen LogP contribution in [0.4, 0.5) is 4.39 Å². The third-order valence-corrected chi connectivity index (χ3v) is 4.31. The number of hydrogen-bond donors (Lipinski definition) is 2. The number of hydrogen-bond acceptors (Lipinski definition) is 3. The zero-order chi connectivity index (χ0) is 20.3. The first kappa shape index (κ1) is 23.6. The molecule has 7 heteroatoms. The molecule has 0 bridgehead atoms. The minimum absolute atomic E-state index is 0. The minimum Gasteiger partial charge on any atom is -0.473 e. The van der Waals surface area contributed by atoms with Gasteiger partial charge in [-0.2, -0.15) is 0 Å². The molecular weight excluding hydrogens is 494 g/mol. The fraction of sp³-hybridized carbons (Fsp3) is 0.217. The lowest BCUT2D eigenvalue weighted by atomic mass is 10.1. The predicted octanol–water partition coefficient (Wildman–Crippen LogP) is 4.33. The molecule has 30 heavy (non-hydrogen) atoms. The molecule has 0 saturated heterocycles. The number of rotatable bonds is 8. The number of nitrogens with zero attached hydrogens (tertiary/aromatic N) is 2.